The maximum Gasteiger partial charge on any atom is 0.416 e. The Morgan fingerprint density at radius 1 is 1.36 bits per heavy atom. The average Bonchev–Trinajstić information content (AvgIpc) is 2.94. The highest BCUT2D eigenvalue weighted by Gasteiger charge is 2.47. The van der Waals surface area contributed by atoms with Crippen LogP contribution in [-0.4, -0.2) is 44.9 Å². The fourth-order valence-corrected chi connectivity index (χ4v) is 3.70. The van der Waals surface area contributed by atoms with Crippen molar-refractivity contribution in [3.05, 3.63) is 29.3 Å². The van der Waals surface area contributed by atoms with Gasteiger partial charge in [0.05, 0.1) is 23.3 Å². The molecule has 2 N–H and O–H groups in total. The first-order valence-electron chi connectivity index (χ1n) is 9.26. The Morgan fingerprint density at radius 3 is 2.43 bits per heavy atom. The van der Waals surface area contributed by atoms with Gasteiger partial charge in [-0.05, 0) is 65.2 Å². The van der Waals surface area contributed by atoms with Gasteiger partial charge < -0.3 is 19.8 Å². The molecule has 5 nitrogen and oxygen atoms in total. The maximum atomic E-state index is 13.2. The van der Waals surface area contributed by atoms with Crippen molar-refractivity contribution in [1.29, 1.82) is 0 Å². The predicted molar refractivity (Wildman–Crippen MR) is 97.7 cm³/mol. The molecule has 2 rings (SSSR count). The van der Waals surface area contributed by atoms with Crippen molar-refractivity contribution in [2.45, 2.75) is 83.0 Å². The minimum absolute atomic E-state index is 0.165. The summed E-state index contributed by atoms with van der Waals surface area (Å²) in [6, 6.07) is 3.17. The molecule has 0 aromatic heterocycles. The Labute approximate surface area is 163 Å². The molecule has 1 aliphatic carbocycles. The molecule has 0 saturated heterocycles. The first-order chi connectivity index (χ1) is 12.8. The molecule has 158 valence electrons. The molecule has 0 bridgehead atoms. The Kier molecular flexibility index (Phi) is 6.35. The second kappa shape index (κ2) is 7.91. The first-order valence-corrected chi connectivity index (χ1v) is 9.26. The van der Waals surface area contributed by atoms with E-state index < -0.39 is 35.1 Å². The summed E-state index contributed by atoms with van der Waals surface area (Å²) in [4.78, 5) is 13.2. The second-order valence-electron chi connectivity index (χ2n) is 8.44. The highest BCUT2D eigenvalue weighted by molar-refractivity contribution is 5.51. The van der Waals surface area contributed by atoms with E-state index in [1.807, 2.05) is 0 Å². The number of aliphatic hydroxyl groups excluding tert-OH is 2. The number of halogens is 3. The standard InChI is InChI=1S/C20H28F3NO4/c1-13(26)19(8-7-16(27)10-19)24(12-25)11-14-9-15(20(21,22)23)5-6-17(14)28-18(2,3)4/h5-6,9,12-13,16,26-27H,7-8,10-11H2,1-4H3. The molecule has 1 fully saturated rings. The van der Waals surface area contributed by atoms with Gasteiger partial charge in [0.15, 0.2) is 0 Å². The van der Waals surface area contributed by atoms with Gasteiger partial charge in [0.2, 0.25) is 6.41 Å². The van der Waals surface area contributed by atoms with Gasteiger partial charge in [0.1, 0.15) is 11.4 Å². The Morgan fingerprint density at radius 2 is 2.00 bits per heavy atom. The monoisotopic (exact) mass is 403 g/mol. The van der Waals surface area contributed by atoms with E-state index in [4.69, 9.17) is 4.74 Å². The van der Waals surface area contributed by atoms with E-state index >= 15 is 0 Å². The van der Waals surface area contributed by atoms with Crippen molar-refractivity contribution >= 4 is 6.41 Å². The number of carbonyl (C=O) groups is 1. The summed E-state index contributed by atoms with van der Waals surface area (Å²) in [6.07, 6.45) is -4.71. The number of alkyl halides is 3. The van der Waals surface area contributed by atoms with E-state index in [9.17, 15) is 28.2 Å². The molecule has 1 aromatic rings. The number of hydrogen-bond donors (Lipinski definition) is 2. The summed E-state index contributed by atoms with van der Waals surface area (Å²) in [6.45, 7) is 6.67. The molecule has 0 aliphatic heterocycles. The van der Waals surface area contributed by atoms with Crippen molar-refractivity contribution in [3.8, 4) is 5.75 Å². The third-order valence-electron chi connectivity index (χ3n) is 5.12. The van der Waals surface area contributed by atoms with Crippen molar-refractivity contribution in [1.82, 2.24) is 4.90 Å². The van der Waals surface area contributed by atoms with Crippen LogP contribution in [0.25, 0.3) is 0 Å². The highest BCUT2D eigenvalue weighted by Crippen LogP contribution is 2.40. The van der Waals surface area contributed by atoms with E-state index in [-0.39, 0.29) is 24.3 Å². The van der Waals surface area contributed by atoms with Crippen molar-refractivity contribution in [3.63, 3.8) is 0 Å². The van der Waals surface area contributed by atoms with Crippen LogP contribution in [-0.2, 0) is 17.5 Å². The number of amides is 1. The van der Waals surface area contributed by atoms with E-state index in [0.717, 1.165) is 12.1 Å². The SMILES string of the molecule is CC(O)C1(N(C=O)Cc2cc(C(F)(F)F)ccc2OC(C)(C)C)CCC(O)C1. The number of ether oxygens (including phenoxy) is 1. The summed E-state index contributed by atoms with van der Waals surface area (Å²) >= 11 is 0. The normalized spacial score (nSPS) is 24.1. The molecule has 0 heterocycles. The lowest BCUT2D eigenvalue weighted by Crippen LogP contribution is -2.53. The van der Waals surface area contributed by atoms with E-state index in [1.165, 1.54) is 17.9 Å². The predicted octanol–water partition coefficient (Wildman–Crippen LogP) is 3.51. The van der Waals surface area contributed by atoms with Crippen LogP contribution in [0, 0.1) is 0 Å². The van der Waals surface area contributed by atoms with Crippen molar-refractivity contribution in [2.75, 3.05) is 0 Å². The van der Waals surface area contributed by atoms with Gasteiger partial charge in [0, 0.05) is 12.1 Å². The average molecular weight is 403 g/mol. The van der Waals surface area contributed by atoms with Crippen LogP contribution in [0.15, 0.2) is 18.2 Å². The maximum absolute atomic E-state index is 13.2. The zero-order valence-electron chi connectivity index (χ0n) is 16.6. The molecule has 1 aliphatic rings. The zero-order valence-corrected chi connectivity index (χ0v) is 16.6. The van der Waals surface area contributed by atoms with Gasteiger partial charge >= 0.3 is 6.18 Å². The zero-order chi connectivity index (χ0) is 21.3. The van der Waals surface area contributed by atoms with Gasteiger partial charge in [-0.15, -0.1) is 0 Å². The summed E-state index contributed by atoms with van der Waals surface area (Å²) in [5.41, 5.74) is -2.33. The van der Waals surface area contributed by atoms with Gasteiger partial charge in [-0.3, -0.25) is 4.79 Å². The lowest BCUT2D eigenvalue weighted by molar-refractivity contribution is -0.137. The number of rotatable bonds is 6. The largest absolute Gasteiger partial charge is 0.488 e. The molecule has 3 atom stereocenters. The molecule has 1 amide bonds. The second-order valence-corrected chi connectivity index (χ2v) is 8.44. The molecule has 8 heteroatoms. The molecular weight excluding hydrogens is 375 g/mol. The Bertz CT molecular complexity index is 700. The lowest BCUT2D eigenvalue weighted by atomic mass is 9.88. The van der Waals surface area contributed by atoms with Crippen LogP contribution in [0.1, 0.15) is 58.1 Å². The van der Waals surface area contributed by atoms with Crippen LogP contribution in [0.2, 0.25) is 0 Å². The van der Waals surface area contributed by atoms with Gasteiger partial charge in [-0.2, -0.15) is 13.2 Å². The third kappa shape index (κ3) is 4.97. The smallest absolute Gasteiger partial charge is 0.416 e. The van der Waals surface area contributed by atoms with E-state index in [0.29, 0.717) is 19.3 Å². The van der Waals surface area contributed by atoms with Crippen molar-refractivity contribution < 1.29 is 32.9 Å². The van der Waals surface area contributed by atoms with Crippen LogP contribution >= 0.6 is 0 Å². The Hall–Kier alpha value is -1.80. The molecule has 3 unspecified atom stereocenters. The highest BCUT2D eigenvalue weighted by atomic mass is 19.4. The van der Waals surface area contributed by atoms with Crippen molar-refractivity contribution in [2.24, 2.45) is 0 Å². The fraction of sp³-hybridized carbons (Fsp3) is 0.650. The Balaban J connectivity index is 2.46. The number of hydrogen-bond acceptors (Lipinski definition) is 4. The number of nitrogens with zero attached hydrogens (tertiary/aromatic N) is 1. The third-order valence-corrected chi connectivity index (χ3v) is 5.12. The lowest BCUT2D eigenvalue weighted by Gasteiger charge is -2.42. The molecule has 28 heavy (non-hydrogen) atoms. The molecule has 1 saturated carbocycles. The molecule has 0 radical (unpaired) electrons. The van der Waals surface area contributed by atoms with Crippen LogP contribution in [0.5, 0.6) is 5.75 Å². The fourth-order valence-electron chi connectivity index (χ4n) is 3.70. The number of benzene rings is 1. The summed E-state index contributed by atoms with van der Waals surface area (Å²) < 4.78 is 45.4. The van der Waals surface area contributed by atoms with Gasteiger partial charge in [-0.1, -0.05) is 0 Å². The topological polar surface area (TPSA) is 70.0 Å². The minimum Gasteiger partial charge on any atom is -0.488 e. The number of aliphatic hydroxyl groups is 2. The summed E-state index contributed by atoms with van der Waals surface area (Å²) in [5.74, 6) is 0.242. The van der Waals surface area contributed by atoms with Crippen LogP contribution < -0.4 is 4.74 Å². The molecule has 0 spiro atoms. The quantitative estimate of drug-likeness (QED) is 0.714. The van der Waals surface area contributed by atoms with Crippen LogP contribution in [0.4, 0.5) is 13.2 Å². The molecular formula is C20H28F3NO4. The van der Waals surface area contributed by atoms with Gasteiger partial charge in [-0.25, -0.2) is 0 Å². The molecule has 1 aromatic carbocycles. The first kappa shape index (κ1) is 22.5. The minimum atomic E-state index is -4.54. The van der Waals surface area contributed by atoms with Gasteiger partial charge in [0.25, 0.3) is 0 Å². The van der Waals surface area contributed by atoms with E-state index in [1.54, 1.807) is 20.8 Å². The summed E-state index contributed by atoms with van der Waals surface area (Å²) in [5, 5.41) is 20.3. The summed E-state index contributed by atoms with van der Waals surface area (Å²) in [7, 11) is 0. The van der Waals surface area contributed by atoms with E-state index in [2.05, 4.69) is 0 Å². The van der Waals surface area contributed by atoms with Crippen LogP contribution in [0.3, 0.4) is 0 Å². The number of carbonyl (C=O) groups excluding carboxylic acids is 1.